The van der Waals surface area contributed by atoms with Crippen LogP contribution in [0.2, 0.25) is 0 Å². The highest BCUT2D eigenvalue weighted by Crippen LogP contribution is 2.37. The van der Waals surface area contributed by atoms with Gasteiger partial charge in [-0.15, -0.1) is 5.10 Å². The lowest BCUT2D eigenvalue weighted by Crippen LogP contribution is -2.47. The van der Waals surface area contributed by atoms with Crippen molar-refractivity contribution in [1.82, 2.24) is 24.9 Å². The van der Waals surface area contributed by atoms with Gasteiger partial charge in [-0.05, 0) is 32.8 Å². The number of amides is 1. The van der Waals surface area contributed by atoms with Gasteiger partial charge in [0.05, 0.1) is 5.92 Å². The van der Waals surface area contributed by atoms with Gasteiger partial charge < -0.3 is 5.32 Å². The smallest absolute Gasteiger partial charge is 0.346 e. The zero-order valence-electron chi connectivity index (χ0n) is 13.4. The number of halogens is 3. The van der Waals surface area contributed by atoms with Gasteiger partial charge in [-0.1, -0.05) is 12.8 Å². The maximum Gasteiger partial charge on any atom is 0.393 e. The Bertz CT molecular complexity index is 770. The number of carbonyl (C=O) groups excluding carboxylic acids is 1. The third-order valence-corrected chi connectivity index (χ3v) is 4.32. The number of hydrogen-bond acceptors (Lipinski definition) is 4. The standard InChI is InChI=1S/C15H18F3N5O/c1-8-7-9(2)23-14(19-8)21-12(22-23)13(24)20-11-6-4-3-5-10(11)15(16,17)18/h7,10-11H,3-6H2,1-2H3,(H,20,24)/t10-,11+/m1/s1. The summed E-state index contributed by atoms with van der Waals surface area (Å²) in [5.74, 6) is -2.12. The van der Waals surface area contributed by atoms with E-state index in [1.54, 1.807) is 19.9 Å². The van der Waals surface area contributed by atoms with Crippen LogP contribution in [0.25, 0.3) is 5.78 Å². The first kappa shape index (κ1) is 16.7. The van der Waals surface area contributed by atoms with Gasteiger partial charge in [0.1, 0.15) is 0 Å². The van der Waals surface area contributed by atoms with Crippen LogP contribution in [0, 0.1) is 19.8 Å². The average molecular weight is 341 g/mol. The Kier molecular flexibility index (Phi) is 4.18. The number of nitrogens with zero attached hydrogens (tertiary/aromatic N) is 4. The first-order chi connectivity index (χ1) is 11.3. The van der Waals surface area contributed by atoms with Crippen molar-refractivity contribution < 1.29 is 18.0 Å². The fourth-order valence-corrected chi connectivity index (χ4v) is 3.19. The molecule has 0 saturated heterocycles. The number of aromatic nitrogens is 4. The van der Waals surface area contributed by atoms with Crippen LogP contribution in [0.5, 0.6) is 0 Å². The van der Waals surface area contributed by atoms with Gasteiger partial charge in [-0.25, -0.2) is 9.50 Å². The molecule has 1 fully saturated rings. The topological polar surface area (TPSA) is 72.2 Å². The Morgan fingerprint density at radius 2 is 1.96 bits per heavy atom. The summed E-state index contributed by atoms with van der Waals surface area (Å²) in [6.07, 6.45) is -2.80. The molecule has 1 N–H and O–H groups in total. The molecule has 2 aromatic heterocycles. The van der Waals surface area contributed by atoms with Crippen LogP contribution < -0.4 is 5.32 Å². The van der Waals surface area contributed by atoms with Gasteiger partial charge in [-0.2, -0.15) is 18.2 Å². The number of nitrogens with one attached hydrogen (secondary N) is 1. The zero-order chi connectivity index (χ0) is 17.5. The molecule has 0 spiro atoms. The van der Waals surface area contributed by atoms with Crippen molar-refractivity contribution in [2.24, 2.45) is 5.92 Å². The Labute approximate surface area is 136 Å². The van der Waals surface area contributed by atoms with Crippen LogP contribution in [0.4, 0.5) is 13.2 Å². The minimum Gasteiger partial charge on any atom is -0.346 e. The van der Waals surface area contributed by atoms with E-state index < -0.39 is 24.0 Å². The molecule has 2 aromatic rings. The fourth-order valence-electron chi connectivity index (χ4n) is 3.19. The summed E-state index contributed by atoms with van der Waals surface area (Å²) in [5, 5.41) is 6.52. The van der Waals surface area contributed by atoms with Gasteiger partial charge in [0.15, 0.2) is 0 Å². The minimum atomic E-state index is -4.32. The molecule has 0 bridgehead atoms. The van der Waals surface area contributed by atoms with E-state index in [1.807, 2.05) is 0 Å². The van der Waals surface area contributed by atoms with Crippen LogP contribution in [-0.2, 0) is 0 Å². The summed E-state index contributed by atoms with van der Waals surface area (Å²) < 4.78 is 40.7. The van der Waals surface area contributed by atoms with Crippen molar-refractivity contribution in [3.63, 3.8) is 0 Å². The molecule has 0 radical (unpaired) electrons. The molecular formula is C15H18F3N5O. The molecule has 2 atom stereocenters. The Morgan fingerprint density at radius 1 is 1.25 bits per heavy atom. The molecule has 0 aromatic carbocycles. The summed E-state index contributed by atoms with van der Waals surface area (Å²) in [6, 6.07) is 0.845. The second-order valence-electron chi connectivity index (χ2n) is 6.20. The highest BCUT2D eigenvalue weighted by Gasteiger charge is 2.46. The highest BCUT2D eigenvalue weighted by atomic mass is 19.4. The van der Waals surface area contributed by atoms with Crippen LogP contribution in [0.1, 0.15) is 47.7 Å². The second kappa shape index (κ2) is 6.03. The molecule has 2 heterocycles. The molecule has 1 saturated carbocycles. The fraction of sp³-hybridized carbons (Fsp3) is 0.600. The average Bonchev–Trinajstić information content (AvgIpc) is 2.91. The third kappa shape index (κ3) is 3.20. The number of fused-ring (bicyclic) bond motifs is 1. The largest absolute Gasteiger partial charge is 0.393 e. The normalized spacial score (nSPS) is 21.9. The van der Waals surface area contributed by atoms with E-state index in [0.29, 0.717) is 19.3 Å². The maximum atomic E-state index is 13.1. The van der Waals surface area contributed by atoms with Gasteiger partial charge in [0.2, 0.25) is 5.82 Å². The number of alkyl halides is 3. The molecular weight excluding hydrogens is 323 g/mol. The molecule has 3 rings (SSSR count). The number of hydrogen-bond donors (Lipinski definition) is 1. The van der Waals surface area contributed by atoms with Crippen molar-refractivity contribution in [3.05, 3.63) is 23.3 Å². The third-order valence-electron chi connectivity index (χ3n) is 4.32. The van der Waals surface area contributed by atoms with Crippen molar-refractivity contribution >= 4 is 11.7 Å². The van der Waals surface area contributed by atoms with Gasteiger partial charge in [0, 0.05) is 17.4 Å². The molecule has 1 amide bonds. The number of aryl methyl sites for hydroxylation is 2. The maximum absolute atomic E-state index is 13.1. The number of carbonyl (C=O) groups is 1. The zero-order valence-corrected chi connectivity index (χ0v) is 13.4. The van der Waals surface area contributed by atoms with E-state index in [9.17, 15) is 18.0 Å². The Hall–Kier alpha value is -2.19. The van der Waals surface area contributed by atoms with E-state index in [-0.39, 0.29) is 18.0 Å². The van der Waals surface area contributed by atoms with E-state index >= 15 is 0 Å². The van der Waals surface area contributed by atoms with Crippen LogP contribution in [0.3, 0.4) is 0 Å². The van der Waals surface area contributed by atoms with Crippen LogP contribution >= 0.6 is 0 Å². The molecule has 0 aliphatic heterocycles. The van der Waals surface area contributed by atoms with E-state index in [2.05, 4.69) is 20.4 Å². The Morgan fingerprint density at radius 3 is 2.67 bits per heavy atom. The molecule has 130 valence electrons. The summed E-state index contributed by atoms with van der Waals surface area (Å²) in [4.78, 5) is 20.5. The quantitative estimate of drug-likeness (QED) is 0.911. The predicted octanol–water partition coefficient (Wildman–Crippen LogP) is 2.59. The second-order valence-corrected chi connectivity index (χ2v) is 6.20. The molecule has 24 heavy (non-hydrogen) atoms. The SMILES string of the molecule is Cc1cc(C)n2nc(C(=O)N[C@H]3CCCC[C@H]3C(F)(F)F)nc2n1. The number of rotatable bonds is 2. The summed E-state index contributed by atoms with van der Waals surface area (Å²) >= 11 is 0. The minimum absolute atomic E-state index is 0.0346. The summed E-state index contributed by atoms with van der Waals surface area (Å²) in [5.41, 5.74) is 1.47. The van der Waals surface area contributed by atoms with Crippen molar-refractivity contribution in [3.8, 4) is 0 Å². The van der Waals surface area contributed by atoms with Crippen LogP contribution in [0.15, 0.2) is 6.07 Å². The molecule has 1 aliphatic carbocycles. The van der Waals surface area contributed by atoms with E-state index in [0.717, 1.165) is 11.4 Å². The summed E-state index contributed by atoms with van der Waals surface area (Å²) in [7, 11) is 0. The van der Waals surface area contributed by atoms with Crippen LogP contribution in [-0.4, -0.2) is 37.7 Å². The van der Waals surface area contributed by atoms with Gasteiger partial charge in [0.25, 0.3) is 11.7 Å². The van der Waals surface area contributed by atoms with E-state index in [1.165, 1.54) is 4.52 Å². The lowest BCUT2D eigenvalue weighted by atomic mass is 9.84. The summed E-state index contributed by atoms with van der Waals surface area (Å²) in [6.45, 7) is 3.58. The first-order valence-corrected chi connectivity index (χ1v) is 7.84. The van der Waals surface area contributed by atoms with Gasteiger partial charge >= 0.3 is 6.18 Å². The Balaban J connectivity index is 1.82. The molecule has 6 nitrogen and oxygen atoms in total. The van der Waals surface area contributed by atoms with Gasteiger partial charge in [-0.3, -0.25) is 4.79 Å². The van der Waals surface area contributed by atoms with Crippen molar-refractivity contribution in [2.45, 2.75) is 51.7 Å². The lowest BCUT2D eigenvalue weighted by molar-refractivity contribution is -0.187. The predicted molar refractivity (Wildman–Crippen MR) is 79.5 cm³/mol. The lowest BCUT2D eigenvalue weighted by Gasteiger charge is -2.33. The monoisotopic (exact) mass is 341 g/mol. The van der Waals surface area contributed by atoms with Crippen molar-refractivity contribution in [1.29, 1.82) is 0 Å². The molecule has 9 heteroatoms. The molecule has 1 aliphatic rings. The van der Waals surface area contributed by atoms with E-state index in [4.69, 9.17) is 0 Å². The highest BCUT2D eigenvalue weighted by molar-refractivity contribution is 5.91. The first-order valence-electron chi connectivity index (χ1n) is 7.84. The van der Waals surface area contributed by atoms with Crippen molar-refractivity contribution in [2.75, 3.05) is 0 Å². The molecule has 0 unspecified atom stereocenters.